The number of urea groups is 1. The number of piperazine rings is 1. The summed E-state index contributed by atoms with van der Waals surface area (Å²) < 4.78 is 0. The van der Waals surface area contributed by atoms with E-state index in [9.17, 15) is 14.4 Å². The van der Waals surface area contributed by atoms with Crippen LogP contribution in [0.3, 0.4) is 0 Å². The van der Waals surface area contributed by atoms with Crippen LogP contribution >= 0.6 is 11.6 Å². The Labute approximate surface area is 240 Å². The highest BCUT2D eigenvalue weighted by molar-refractivity contribution is 6.30. The first-order chi connectivity index (χ1) is 19.1. The molecule has 0 aromatic heterocycles. The monoisotopic (exact) mass is 561 g/mol. The number of anilines is 2. The molecule has 1 saturated heterocycles. The van der Waals surface area contributed by atoms with E-state index in [0.717, 1.165) is 24.3 Å². The topological polar surface area (TPSA) is 85.0 Å². The maximum Gasteiger partial charge on any atom is 0.317 e. The van der Waals surface area contributed by atoms with Gasteiger partial charge in [0.05, 0.1) is 0 Å². The molecule has 0 radical (unpaired) electrons. The third kappa shape index (κ3) is 8.23. The highest BCUT2D eigenvalue weighted by atomic mass is 35.5. The number of nitrogens with zero attached hydrogens (tertiary/aromatic N) is 3. The van der Waals surface area contributed by atoms with Gasteiger partial charge in [0.25, 0.3) is 5.91 Å². The minimum Gasteiger partial charge on any atom is -0.368 e. The van der Waals surface area contributed by atoms with Crippen molar-refractivity contribution in [3.8, 4) is 0 Å². The number of rotatable bonds is 7. The first-order valence-electron chi connectivity index (χ1n) is 13.4. The van der Waals surface area contributed by atoms with Gasteiger partial charge in [-0.1, -0.05) is 41.9 Å². The number of hydrogen-bond donors (Lipinski definition) is 2. The smallest absolute Gasteiger partial charge is 0.317 e. The van der Waals surface area contributed by atoms with Crippen LogP contribution in [0.4, 0.5) is 16.2 Å². The molecular formula is C31H36ClN5O3. The molecule has 40 heavy (non-hydrogen) atoms. The van der Waals surface area contributed by atoms with Crippen LogP contribution in [0, 0.1) is 0 Å². The lowest BCUT2D eigenvalue weighted by Crippen LogP contribution is -2.55. The van der Waals surface area contributed by atoms with E-state index in [2.05, 4.69) is 15.5 Å². The third-order valence-electron chi connectivity index (χ3n) is 6.49. The van der Waals surface area contributed by atoms with E-state index >= 15 is 0 Å². The molecule has 0 unspecified atom stereocenters. The van der Waals surface area contributed by atoms with Crippen LogP contribution in [0.2, 0.25) is 5.02 Å². The number of nitrogens with one attached hydrogen (secondary N) is 2. The van der Waals surface area contributed by atoms with Crippen LogP contribution in [-0.4, -0.2) is 65.9 Å². The molecule has 0 spiro atoms. The van der Waals surface area contributed by atoms with Crippen LogP contribution in [0.25, 0.3) is 0 Å². The lowest BCUT2D eigenvalue weighted by atomic mass is 10.1. The summed E-state index contributed by atoms with van der Waals surface area (Å²) in [5.74, 6) is -0.536. The Hall–Kier alpha value is -4.04. The lowest BCUT2D eigenvalue weighted by molar-refractivity contribution is -0.117. The van der Waals surface area contributed by atoms with Gasteiger partial charge in [0.15, 0.2) is 0 Å². The Morgan fingerprint density at radius 3 is 2.08 bits per heavy atom. The molecule has 0 saturated carbocycles. The summed E-state index contributed by atoms with van der Waals surface area (Å²) in [6, 6.07) is 23.8. The minimum atomic E-state index is -0.288. The maximum atomic E-state index is 13.3. The highest BCUT2D eigenvalue weighted by Gasteiger charge is 2.24. The minimum absolute atomic E-state index is 0.0407. The first-order valence-corrected chi connectivity index (χ1v) is 13.8. The lowest BCUT2D eigenvalue weighted by Gasteiger charge is -2.37. The Bertz CT molecular complexity index is 1300. The molecule has 210 valence electrons. The summed E-state index contributed by atoms with van der Waals surface area (Å²) in [6.07, 6.45) is 0. The van der Waals surface area contributed by atoms with Gasteiger partial charge < -0.3 is 25.3 Å². The summed E-state index contributed by atoms with van der Waals surface area (Å²) in [4.78, 5) is 44.3. The molecule has 0 aliphatic carbocycles. The molecule has 2 N–H and O–H groups in total. The summed E-state index contributed by atoms with van der Waals surface area (Å²) in [6.45, 7) is 8.85. The van der Waals surface area contributed by atoms with Gasteiger partial charge in [-0.3, -0.25) is 9.59 Å². The number of amides is 4. The predicted octanol–water partition coefficient (Wildman–Crippen LogP) is 5.25. The summed E-state index contributed by atoms with van der Waals surface area (Å²) >= 11 is 5.99. The van der Waals surface area contributed by atoms with Crippen molar-refractivity contribution < 1.29 is 14.4 Å². The molecule has 1 heterocycles. The van der Waals surface area contributed by atoms with E-state index in [4.69, 9.17) is 11.6 Å². The molecule has 0 bridgehead atoms. The van der Waals surface area contributed by atoms with E-state index in [0.29, 0.717) is 35.9 Å². The number of halogens is 1. The van der Waals surface area contributed by atoms with Gasteiger partial charge in [-0.25, -0.2) is 4.79 Å². The third-order valence-corrected chi connectivity index (χ3v) is 6.75. The number of hydrogen-bond acceptors (Lipinski definition) is 4. The molecule has 1 fully saturated rings. The van der Waals surface area contributed by atoms with Gasteiger partial charge in [-0.15, -0.1) is 0 Å². The zero-order valence-electron chi connectivity index (χ0n) is 23.2. The van der Waals surface area contributed by atoms with Crippen molar-refractivity contribution in [1.29, 1.82) is 0 Å². The molecule has 4 rings (SSSR count). The summed E-state index contributed by atoms with van der Waals surface area (Å²) in [5.41, 5.74) is 2.80. The Kier molecular flexibility index (Phi) is 9.32. The van der Waals surface area contributed by atoms with Crippen LogP contribution < -0.4 is 15.5 Å². The van der Waals surface area contributed by atoms with Crippen LogP contribution in [0.5, 0.6) is 0 Å². The molecule has 3 aromatic carbocycles. The predicted molar refractivity (Wildman–Crippen MR) is 160 cm³/mol. The average molecular weight is 562 g/mol. The highest BCUT2D eigenvalue weighted by Crippen LogP contribution is 2.20. The van der Waals surface area contributed by atoms with Gasteiger partial charge in [-0.05, 0) is 74.9 Å². The molecule has 3 aromatic rings. The van der Waals surface area contributed by atoms with Crippen molar-refractivity contribution in [2.45, 2.75) is 32.9 Å². The molecule has 1 aliphatic heterocycles. The van der Waals surface area contributed by atoms with Gasteiger partial charge >= 0.3 is 6.03 Å². The fourth-order valence-electron chi connectivity index (χ4n) is 4.48. The second-order valence-electron chi connectivity index (χ2n) is 10.9. The van der Waals surface area contributed by atoms with Crippen molar-refractivity contribution in [3.05, 3.63) is 95.0 Å². The van der Waals surface area contributed by atoms with E-state index in [1.807, 2.05) is 80.3 Å². The van der Waals surface area contributed by atoms with Gasteiger partial charge in [0.2, 0.25) is 5.91 Å². The largest absolute Gasteiger partial charge is 0.368 e. The zero-order valence-corrected chi connectivity index (χ0v) is 23.9. The SMILES string of the molecule is CC(C)(C)NC(=O)N1CCN(c2ccc(NC(=O)CN(Cc3ccccc3)C(=O)c3ccc(Cl)cc3)cc2)CC1. The number of carbonyl (C=O) groups excluding carboxylic acids is 3. The molecule has 1 aliphatic rings. The van der Waals surface area contributed by atoms with E-state index in [1.165, 1.54) is 4.90 Å². The van der Waals surface area contributed by atoms with Crippen molar-refractivity contribution in [3.63, 3.8) is 0 Å². The van der Waals surface area contributed by atoms with Crippen molar-refractivity contribution >= 4 is 40.8 Å². The van der Waals surface area contributed by atoms with E-state index < -0.39 is 0 Å². The summed E-state index contributed by atoms with van der Waals surface area (Å²) in [5, 5.41) is 6.47. The van der Waals surface area contributed by atoms with E-state index in [1.54, 1.807) is 24.3 Å². The molecule has 4 amide bonds. The van der Waals surface area contributed by atoms with Crippen molar-refractivity contribution in [2.24, 2.45) is 0 Å². The maximum absolute atomic E-state index is 13.3. The number of carbonyl (C=O) groups is 3. The van der Waals surface area contributed by atoms with Crippen molar-refractivity contribution in [1.82, 2.24) is 15.1 Å². The van der Waals surface area contributed by atoms with Crippen LogP contribution in [0.1, 0.15) is 36.7 Å². The van der Waals surface area contributed by atoms with Gasteiger partial charge in [0.1, 0.15) is 6.54 Å². The molecular weight excluding hydrogens is 526 g/mol. The number of benzene rings is 3. The molecule has 8 nitrogen and oxygen atoms in total. The standard InChI is InChI=1S/C31H36ClN5O3/c1-31(2,3)34-30(40)36-19-17-35(18-20-36)27-15-13-26(14-16-27)33-28(38)22-37(21-23-7-5-4-6-8-23)29(39)24-9-11-25(32)12-10-24/h4-16H,17-22H2,1-3H3,(H,33,38)(H,34,40). The molecule has 9 heteroatoms. The van der Waals surface area contributed by atoms with Crippen LogP contribution in [-0.2, 0) is 11.3 Å². The van der Waals surface area contributed by atoms with Gasteiger partial charge in [0, 0.05) is 60.2 Å². The Balaban J connectivity index is 1.35. The fourth-order valence-corrected chi connectivity index (χ4v) is 4.60. The van der Waals surface area contributed by atoms with Gasteiger partial charge in [-0.2, -0.15) is 0 Å². The van der Waals surface area contributed by atoms with E-state index in [-0.39, 0.29) is 29.9 Å². The Morgan fingerprint density at radius 2 is 1.48 bits per heavy atom. The Morgan fingerprint density at radius 1 is 0.850 bits per heavy atom. The summed E-state index contributed by atoms with van der Waals surface area (Å²) in [7, 11) is 0. The normalized spacial score (nSPS) is 13.5. The average Bonchev–Trinajstić information content (AvgIpc) is 2.93. The quantitative estimate of drug-likeness (QED) is 0.412. The van der Waals surface area contributed by atoms with Crippen LogP contribution in [0.15, 0.2) is 78.9 Å². The second kappa shape index (κ2) is 12.9. The first kappa shape index (κ1) is 29.0. The second-order valence-corrected chi connectivity index (χ2v) is 11.3. The van der Waals surface area contributed by atoms with Crippen molar-refractivity contribution in [2.75, 3.05) is 42.9 Å². The zero-order chi connectivity index (χ0) is 28.7. The fraction of sp³-hybridized carbons (Fsp3) is 0.323. The molecule has 0 atom stereocenters.